The van der Waals surface area contributed by atoms with E-state index >= 15 is 0 Å². The van der Waals surface area contributed by atoms with E-state index in [1.165, 1.54) is 11.8 Å². The first-order chi connectivity index (χ1) is 11.0. The lowest BCUT2D eigenvalue weighted by atomic mass is 10.2. The highest BCUT2D eigenvalue weighted by molar-refractivity contribution is 8.00. The van der Waals surface area contributed by atoms with E-state index in [4.69, 9.17) is 4.74 Å². The van der Waals surface area contributed by atoms with Crippen LogP contribution < -0.4 is 10.1 Å². The van der Waals surface area contributed by atoms with E-state index in [1.807, 2.05) is 35.8 Å². The van der Waals surface area contributed by atoms with E-state index in [2.05, 4.69) is 29.4 Å². The van der Waals surface area contributed by atoms with Crippen LogP contribution in [-0.4, -0.2) is 39.6 Å². The van der Waals surface area contributed by atoms with Crippen molar-refractivity contribution in [3.63, 3.8) is 0 Å². The molecule has 2 aromatic rings. The van der Waals surface area contributed by atoms with E-state index in [0.29, 0.717) is 17.6 Å². The molecule has 0 spiro atoms. The molecule has 0 aliphatic rings. The van der Waals surface area contributed by atoms with Crippen LogP contribution in [0.4, 0.5) is 0 Å². The Morgan fingerprint density at radius 2 is 2.17 bits per heavy atom. The fourth-order valence-corrected chi connectivity index (χ4v) is 2.77. The molecule has 0 fully saturated rings. The van der Waals surface area contributed by atoms with Gasteiger partial charge in [0.1, 0.15) is 12.1 Å². The zero-order valence-electron chi connectivity index (χ0n) is 13.8. The smallest absolute Gasteiger partial charge is 0.233 e. The van der Waals surface area contributed by atoms with Crippen LogP contribution in [0.3, 0.4) is 0 Å². The summed E-state index contributed by atoms with van der Waals surface area (Å²) in [5.41, 5.74) is 0.895. The molecule has 0 saturated carbocycles. The number of aromatic nitrogens is 3. The number of ether oxygens (including phenoxy) is 1. The van der Waals surface area contributed by atoms with Crippen LogP contribution >= 0.6 is 11.8 Å². The Labute approximate surface area is 140 Å². The summed E-state index contributed by atoms with van der Waals surface area (Å²) < 4.78 is 7.09. The quantitative estimate of drug-likeness (QED) is 0.788. The molecule has 0 aliphatic carbocycles. The fraction of sp³-hybridized carbons (Fsp3) is 0.438. The van der Waals surface area contributed by atoms with Crippen molar-refractivity contribution in [2.75, 3.05) is 13.7 Å². The molecule has 6 nitrogen and oxygen atoms in total. The Bertz CT molecular complexity index is 657. The molecule has 7 heteroatoms. The molecule has 1 N–H and O–H groups in total. The van der Waals surface area contributed by atoms with Crippen molar-refractivity contribution in [2.24, 2.45) is 5.92 Å². The molecular weight excluding hydrogens is 312 g/mol. The standard InChI is InChI=1S/C16H22N4O2S/c1-11(2)9-17-15(21)12(3)23-16-19-18-10-20(16)13-6-5-7-14(8-13)22-4/h5-8,10-12H,9H2,1-4H3,(H,17,21)/t12-/m0/s1. The minimum Gasteiger partial charge on any atom is -0.497 e. The number of methoxy groups -OCH3 is 1. The van der Waals surface area contributed by atoms with Crippen LogP contribution in [0.15, 0.2) is 35.7 Å². The average Bonchev–Trinajstić information content (AvgIpc) is 3.00. The highest BCUT2D eigenvalue weighted by Crippen LogP contribution is 2.25. The molecule has 124 valence electrons. The summed E-state index contributed by atoms with van der Waals surface area (Å²) >= 11 is 1.38. The van der Waals surface area contributed by atoms with Crippen LogP contribution in [0.1, 0.15) is 20.8 Å². The number of hydrogen-bond acceptors (Lipinski definition) is 5. The van der Waals surface area contributed by atoms with Gasteiger partial charge in [0.2, 0.25) is 5.91 Å². The van der Waals surface area contributed by atoms with Gasteiger partial charge in [-0.15, -0.1) is 10.2 Å². The maximum Gasteiger partial charge on any atom is 0.233 e. The van der Waals surface area contributed by atoms with Crippen molar-refractivity contribution in [2.45, 2.75) is 31.2 Å². The molecule has 0 radical (unpaired) electrons. The molecule has 0 unspecified atom stereocenters. The molecule has 1 aromatic heterocycles. The number of thioether (sulfide) groups is 1. The maximum atomic E-state index is 12.1. The summed E-state index contributed by atoms with van der Waals surface area (Å²) in [6, 6.07) is 7.63. The van der Waals surface area contributed by atoms with E-state index in [1.54, 1.807) is 13.4 Å². The number of nitrogens with one attached hydrogen (secondary N) is 1. The summed E-state index contributed by atoms with van der Waals surface area (Å²) in [6.07, 6.45) is 1.63. The lowest BCUT2D eigenvalue weighted by Crippen LogP contribution is -2.33. The topological polar surface area (TPSA) is 69.0 Å². The molecule has 2 rings (SSSR count). The van der Waals surface area contributed by atoms with Crippen LogP contribution in [0, 0.1) is 5.92 Å². The van der Waals surface area contributed by atoms with Gasteiger partial charge in [0.15, 0.2) is 5.16 Å². The van der Waals surface area contributed by atoms with Gasteiger partial charge < -0.3 is 10.1 Å². The fourth-order valence-electron chi connectivity index (χ4n) is 1.90. The van der Waals surface area contributed by atoms with Gasteiger partial charge in [0, 0.05) is 12.6 Å². The summed E-state index contributed by atoms with van der Waals surface area (Å²) in [5, 5.41) is 11.4. The number of carbonyl (C=O) groups excluding carboxylic acids is 1. The largest absolute Gasteiger partial charge is 0.497 e. The van der Waals surface area contributed by atoms with Crippen molar-refractivity contribution in [3.8, 4) is 11.4 Å². The molecule has 1 amide bonds. The van der Waals surface area contributed by atoms with Gasteiger partial charge in [-0.2, -0.15) is 0 Å². The van der Waals surface area contributed by atoms with Gasteiger partial charge in [0.25, 0.3) is 0 Å². The molecule has 1 heterocycles. The van der Waals surface area contributed by atoms with E-state index in [-0.39, 0.29) is 11.2 Å². The number of nitrogens with zero attached hydrogens (tertiary/aromatic N) is 3. The van der Waals surface area contributed by atoms with Gasteiger partial charge in [-0.05, 0) is 25.0 Å². The summed E-state index contributed by atoms with van der Waals surface area (Å²) in [4.78, 5) is 12.1. The lowest BCUT2D eigenvalue weighted by Gasteiger charge is -2.13. The van der Waals surface area contributed by atoms with E-state index in [9.17, 15) is 4.79 Å². The second-order valence-electron chi connectivity index (χ2n) is 5.58. The Kier molecular flexibility index (Phi) is 6.04. The first-order valence-corrected chi connectivity index (χ1v) is 8.38. The van der Waals surface area contributed by atoms with Crippen molar-refractivity contribution < 1.29 is 9.53 Å². The minimum atomic E-state index is -0.248. The normalized spacial score (nSPS) is 12.2. The van der Waals surface area contributed by atoms with Gasteiger partial charge >= 0.3 is 0 Å². The predicted octanol–water partition coefficient (Wildman–Crippen LogP) is 2.53. The molecule has 1 atom stereocenters. The van der Waals surface area contributed by atoms with Crippen molar-refractivity contribution in [1.82, 2.24) is 20.1 Å². The maximum absolute atomic E-state index is 12.1. The number of rotatable bonds is 7. The number of carbonyl (C=O) groups is 1. The van der Waals surface area contributed by atoms with Gasteiger partial charge in [0.05, 0.1) is 18.0 Å². The lowest BCUT2D eigenvalue weighted by molar-refractivity contribution is -0.120. The Hall–Kier alpha value is -2.02. The number of benzene rings is 1. The summed E-state index contributed by atoms with van der Waals surface area (Å²) in [6.45, 7) is 6.67. The second kappa shape index (κ2) is 8.01. The highest BCUT2D eigenvalue weighted by Gasteiger charge is 2.18. The van der Waals surface area contributed by atoms with Crippen molar-refractivity contribution >= 4 is 17.7 Å². The molecule has 1 aromatic carbocycles. The number of hydrogen-bond donors (Lipinski definition) is 1. The Balaban J connectivity index is 2.10. The molecule has 0 aliphatic heterocycles. The Morgan fingerprint density at radius 1 is 1.39 bits per heavy atom. The van der Waals surface area contributed by atoms with Gasteiger partial charge in [-0.3, -0.25) is 9.36 Å². The summed E-state index contributed by atoms with van der Waals surface area (Å²) in [5.74, 6) is 1.19. The highest BCUT2D eigenvalue weighted by atomic mass is 32.2. The first kappa shape index (κ1) is 17.3. The van der Waals surface area contributed by atoms with Gasteiger partial charge in [-0.1, -0.05) is 31.7 Å². The predicted molar refractivity (Wildman–Crippen MR) is 91.1 cm³/mol. The number of amides is 1. The summed E-state index contributed by atoms with van der Waals surface area (Å²) in [7, 11) is 1.63. The zero-order chi connectivity index (χ0) is 16.8. The van der Waals surface area contributed by atoms with Gasteiger partial charge in [-0.25, -0.2) is 0 Å². The van der Waals surface area contributed by atoms with Crippen LogP contribution in [0.2, 0.25) is 0 Å². The molecule has 23 heavy (non-hydrogen) atoms. The van der Waals surface area contributed by atoms with E-state index in [0.717, 1.165) is 11.4 Å². The SMILES string of the molecule is COc1cccc(-n2cnnc2S[C@@H](C)C(=O)NCC(C)C)c1. The first-order valence-electron chi connectivity index (χ1n) is 7.50. The Morgan fingerprint density at radius 3 is 2.87 bits per heavy atom. The third kappa shape index (κ3) is 4.72. The minimum absolute atomic E-state index is 0.00360. The van der Waals surface area contributed by atoms with Crippen LogP contribution in [0.5, 0.6) is 5.75 Å². The average molecular weight is 334 g/mol. The third-order valence-corrected chi connectivity index (χ3v) is 4.24. The molecule has 0 saturated heterocycles. The molecular formula is C16H22N4O2S. The van der Waals surface area contributed by atoms with Crippen molar-refractivity contribution in [3.05, 3.63) is 30.6 Å². The third-order valence-electron chi connectivity index (χ3n) is 3.18. The second-order valence-corrected chi connectivity index (χ2v) is 6.89. The zero-order valence-corrected chi connectivity index (χ0v) is 14.6. The van der Waals surface area contributed by atoms with Crippen LogP contribution in [0.25, 0.3) is 5.69 Å². The van der Waals surface area contributed by atoms with E-state index < -0.39 is 0 Å². The van der Waals surface area contributed by atoms with Crippen molar-refractivity contribution in [1.29, 1.82) is 0 Å². The van der Waals surface area contributed by atoms with Crippen LogP contribution in [-0.2, 0) is 4.79 Å². The molecule has 0 bridgehead atoms. The monoisotopic (exact) mass is 334 g/mol.